The molecular formula is C22H31N5O2S. The fraction of sp³-hybridized carbons (Fsp3) is 0.500. The fourth-order valence-electron chi connectivity index (χ4n) is 4.10. The summed E-state index contributed by atoms with van der Waals surface area (Å²) in [6, 6.07) is 7.16. The van der Waals surface area contributed by atoms with Crippen LogP contribution in [0.1, 0.15) is 31.2 Å². The Kier molecular flexibility index (Phi) is 7.79. The van der Waals surface area contributed by atoms with Gasteiger partial charge >= 0.3 is 0 Å². The van der Waals surface area contributed by atoms with Crippen LogP contribution in [-0.2, 0) is 30.7 Å². The van der Waals surface area contributed by atoms with Crippen molar-refractivity contribution >= 4 is 35.0 Å². The van der Waals surface area contributed by atoms with Gasteiger partial charge in [0.1, 0.15) is 5.82 Å². The molecule has 0 radical (unpaired) electrons. The Morgan fingerprint density at radius 2 is 2.13 bits per heavy atom. The molecular weight excluding hydrogens is 398 g/mol. The molecule has 1 atom stereocenters. The molecule has 0 fully saturated rings. The zero-order chi connectivity index (χ0) is 21.5. The second-order valence-electron chi connectivity index (χ2n) is 7.58. The van der Waals surface area contributed by atoms with Crippen molar-refractivity contribution in [2.45, 2.75) is 51.7 Å². The monoisotopic (exact) mass is 429 g/mol. The Morgan fingerprint density at radius 3 is 2.83 bits per heavy atom. The Labute approximate surface area is 182 Å². The normalized spacial score (nSPS) is 15.6. The summed E-state index contributed by atoms with van der Waals surface area (Å²) in [6.07, 6.45) is 10.5. The van der Waals surface area contributed by atoms with Crippen molar-refractivity contribution in [3.05, 3.63) is 42.0 Å². The number of rotatable bonds is 7. The van der Waals surface area contributed by atoms with E-state index in [1.165, 1.54) is 46.7 Å². The molecule has 4 rings (SSSR count). The third-order valence-electron chi connectivity index (χ3n) is 5.79. The maximum Gasteiger partial charge on any atom is 0.290 e. The van der Waals surface area contributed by atoms with Crippen molar-refractivity contribution in [1.29, 1.82) is 0 Å². The molecule has 30 heavy (non-hydrogen) atoms. The summed E-state index contributed by atoms with van der Waals surface area (Å²) in [7, 11) is 2.21. The van der Waals surface area contributed by atoms with E-state index in [1.54, 1.807) is 0 Å². The predicted octanol–water partition coefficient (Wildman–Crippen LogP) is 3.70. The van der Waals surface area contributed by atoms with Gasteiger partial charge < -0.3 is 14.6 Å². The van der Waals surface area contributed by atoms with Crippen molar-refractivity contribution in [3.63, 3.8) is 0 Å². The van der Waals surface area contributed by atoms with Gasteiger partial charge in [-0.05, 0) is 56.4 Å². The van der Waals surface area contributed by atoms with Crippen molar-refractivity contribution in [3.8, 4) is 0 Å². The highest BCUT2D eigenvalue weighted by Crippen LogP contribution is 2.35. The molecule has 0 amide bonds. The molecule has 0 saturated heterocycles. The molecule has 0 spiro atoms. The van der Waals surface area contributed by atoms with Crippen LogP contribution in [-0.4, -0.2) is 56.0 Å². The minimum absolute atomic E-state index is 0.250. The highest BCUT2D eigenvalue weighted by Gasteiger charge is 2.24. The van der Waals surface area contributed by atoms with Crippen LogP contribution in [0.5, 0.6) is 0 Å². The van der Waals surface area contributed by atoms with Crippen LogP contribution in [0, 0.1) is 0 Å². The van der Waals surface area contributed by atoms with Crippen molar-refractivity contribution in [1.82, 2.24) is 19.3 Å². The first-order valence-electron chi connectivity index (χ1n) is 10.4. The Bertz CT molecular complexity index is 954. The molecule has 1 aliphatic rings. The molecule has 0 aliphatic carbocycles. The van der Waals surface area contributed by atoms with Crippen LogP contribution in [0.15, 0.2) is 30.6 Å². The Balaban J connectivity index is 0.000000806. The first-order valence-corrected chi connectivity index (χ1v) is 11.8. The number of benzene rings is 1. The van der Waals surface area contributed by atoms with E-state index in [2.05, 4.69) is 46.9 Å². The standard InChI is InChI=1S/C21H29N5S.CH2O2/c1-16-6-7-17-18(24(16)2)8-9-19-21(17)23-20(26(19)13-5-15-27-3)10-14-25-12-4-11-22-25;2-1-3/h4,8-9,11-12,16H,5-7,10,13-15H2,1-3H3;1H,(H,2,3). The third-order valence-corrected chi connectivity index (χ3v) is 6.48. The lowest BCUT2D eigenvalue weighted by molar-refractivity contribution is -0.122. The summed E-state index contributed by atoms with van der Waals surface area (Å²) in [5.74, 6) is 2.37. The number of fused-ring (bicyclic) bond motifs is 3. The zero-order valence-electron chi connectivity index (χ0n) is 18.0. The Morgan fingerprint density at radius 1 is 1.33 bits per heavy atom. The largest absolute Gasteiger partial charge is 0.483 e. The van der Waals surface area contributed by atoms with E-state index in [-0.39, 0.29) is 6.47 Å². The summed E-state index contributed by atoms with van der Waals surface area (Å²) in [4.78, 5) is 15.9. The van der Waals surface area contributed by atoms with E-state index in [9.17, 15) is 0 Å². The summed E-state index contributed by atoms with van der Waals surface area (Å²) < 4.78 is 4.45. The molecule has 1 unspecified atom stereocenters. The number of aromatic nitrogens is 4. The fourth-order valence-corrected chi connectivity index (χ4v) is 4.52. The van der Waals surface area contributed by atoms with Gasteiger partial charge in [-0.2, -0.15) is 16.9 Å². The highest BCUT2D eigenvalue weighted by atomic mass is 32.2. The van der Waals surface area contributed by atoms with Gasteiger partial charge in [0, 0.05) is 56.2 Å². The molecule has 1 aromatic carbocycles. The number of nitrogens with zero attached hydrogens (tertiary/aromatic N) is 5. The van der Waals surface area contributed by atoms with E-state index in [0.717, 1.165) is 25.9 Å². The smallest absolute Gasteiger partial charge is 0.290 e. The first kappa shape index (κ1) is 22.2. The first-order chi connectivity index (χ1) is 14.6. The molecule has 3 aromatic rings. The van der Waals surface area contributed by atoms with Gasteiger partial charge in [-0.3, -0.25) is 9.48 Å². The van der Waals surface area contributed by atoms with Crippen LogP contribution in [0.4, 0.5) is 5.69 Å². The van der Waals surface area contributed by atoms with E-state index >= 15 is 0 Å². The molecule has 3 heterocycles. The van der Waals surface area contributed by atoms with Gasteiger partial charge in [-0.1, -0.05) is 0 Å². The lowest BCUT2D eigenvalue weighted by Gasteiger charge is -2.33. The van der Waals surface area contributed by atoms with E-state index in [1.807, 2.05) is 34.9 Å². The quantitative estimate of drug-likeness (QED) is 0.456. The number of carbonyl (C=O) groups is 1. The van der Waals surface area contributed by atoms with Gasteiger partial charge in [-0.15, -0.1) is 0 Å². The molecule has 1 N–H and O–H groups in total. The predicted molar refractivity (Wildman–Crippen MR) is 124 cm³/mol. The average Bonchev–Trinajstić information content (AvgIpc) is 3.38. The number of hydrogen-bond acceptors (Lipinski definition) is 5. The molecule has 1 aliphatic heterocycles. The maximum atomic E-state index is 8.36. The molecule has 2 aromatic heterocycles. The molecule has 0 saturated carbocycles. The number of imidazole rings is 1. The number of aryl methyl sites for hydroxylation is 4. The van der Waals surface area contributed by atoms with Crippen molar-refractivity contribution < 1.29 is 9.90 Å². The molecule has 7 nitrogen and oxygen atoms in total. The lowest BCUT2D eigenvalue weighted by Crippen LogP contribution is -2.33. The van der Waals surface area contributed by atoms with Crippen LogP contribution in [0.3, 0.4) is 0 Å². The number of hydrogen-bond donors (Lipinski definition) is 1. The van der Waals surface area contributed by atoms with Gasteiger partial charge in [-0.25, -0.2) is 4.98 Å². The number of thioether (sulfide) groups is 1. The second kappa shape index (κ2) is 10.5. The topological polar surface area (TPSA) is 76.2 Å². The van der Waals surface area contributed by atoms with Crippen LogP contribution < -0.4 is 4.90 Å². The lowest BCUT2D eigenvalue weighted by atomic mass is 9.96. The van der Waals surface area contributed by atoms with Gasteiger partial charge in [0.2, 0.25) is 0 Å². The molecule has 162 valence electrons. The zero-order valence-corrected chi connectivity index (χ0v) is 18.8. The maximum absolute atomic E-state index is 8.36. The van der Waals surface area contributed by atoms with Gasteiger partial charge in [0.25, 0.3) is 6.47 Å². The summed E-state index contributed by atoms with van der Waals surface area (Å²) in [5, 5.41) is 11.2. The Hall–Kier alpha value is -2.48. The van der Waals surface area contributed by atoms with E-state index < -0.39 is 0 Å². The number of carboxylic acid groups (broad SMARTS) is 1. The average molecular weight is 430 g/mol. The minimum Gasteiger partial charge on any atom is -0.483 e. The molecule has 8 heteroatoms. The van der Waals surface area contributed by atoms with Crippen molar-refractivity contribution in [2.24, 2.45) is 0 Å². The minimum atomic E-state index is -0.250. The summed E-state index contributed by atoms with van der Waals surface area (Å²) >= 11 is 1.91. The van der Waals surface area contributed by atoms with Crippen LogP contribution in [0.2, 0.25) is 0 Å². The van der Waals surface area contributed by atoms with Crippen LogP contribution >= 0.6 is 11.8 Å². The van der Waals surface area contributed by atoms with Gasteiger partial charge in [0.05, 0.1) is 11.0 Å². The van der Waals surface area contributed by atoms with E-state index in [0.29, 0.717) is 6.04 Å². The van der Waals surface area contributed by atoms with E-state index in [4.69, 9.17) is 14.9 Å². The summed E-state index contributed by atoms with van der Waals surface area (Å²) in [6.45, 7) is 3.97. The third kappa shape index (κ3) is 4.80. The van der Waals surface area contributed by atoms with Crippen LogP contribution in [0.25, 0.3) is 11.0 Å². The SMILES string of the molecule is CSCCCn1c(CCn2cccn2)nc2c3c(ccc21)N(C)C(C)CC3.O=CO. The molecule has 0 bridgehead atoms. The summed E-state index contributed by atoms with van der Waals surface area (Å²) in [5.41, 5.74) is 5.30. The van der Waals surface area contributed by atoms with Crippen molar-refractivity contribution in [2.75, 3.05) is 24.0 Å². The number of anilines is 1. The highest BCUT2D eigenvalue weighted by molar-refractivity contribution is 7.98. The second-order valence-corrected chi connectivity index (χ2v) is 8.57. The van der Waals surface area contributed by atoms with Gasteiger partial charge in [0.15, 0.2) is 0 Å².